The molecule has 0 aliphatic carbocycles. The number of ether oxygens (including phenoxy) is 1. The monoisotopic (exact) mass is 603 g/mol. The van der Waals surface area contributed by atoms with Gasteiger partial charge in [-0.1, -0.05) is 29.8 Å². The van der Waals surface area contributed by atoms with Crippen LogP contribution in [-0.4, -0.2) is 65.4 Å². The first-order valence-corrected chi connectivity index (χ1v) is 14.9. The number of likely N-dealkylation sites (N-methyl/N-ethyl adjacent to an activating group) is 1. The van der Waals surface area contributed by atoms with Crippen LogP contribution in [0.3, 0.4) is 0 Å². The number of phenolic OH excluding ortho intramolecular Hbond substituents is 2. The maximum Gasteiger partial charge on any atom is 0.312 e. The van der Waals surface area contributed by atoms with Crippen molar-refractivity contribution in [2.24, 2.45) is 5.41 Å². The summed E-state index contributed by atoms with van der Waals surface area (Å²) in [7, 11) is 1.95. The number of aromatic nitrogens is 1. The lowest BCUT2D eigenvalue weighted by Crippen LogP contribution is -2.48. The van der Waals surface area contributed by atoms with E-state index in [0.29, 0.717) is 61.6 Å². The van der Waals surface area contributed by atoms with Crippen molar-refractivity contribution in [3.8, 4) is 22.8 Å². The molecule has 224 valence electrons. The molecule has 0 spiro atoms. The summed E-state index contributed by atoms with van der Waals surface area (Å²) in [6, 6.07) is 15.2. The quantitative estimate of drug-likeness (QED) is 0.283. The van der Waals surface area contributed by atoms with Crippen LogP contribution in [0.5, 0.6) is 11.5 Å². The number of carbonyl (C=O) groups is 1. The van der Waals surface area contributed by atoms with E-state index in [2.05, 4.69) is 14.8 Å². The van der Waals surface area contributed by atoms with Crippen molar-refractivity contribution >= 4 is 34.4 Å². The van der Waals surface area contributed by atoms with Gasteiger partial charge in [-0.2, -0.15) is 0 Å². The average Bonchev–Trinajstić information content (AvgIpc) is 2.98. The number of carbonyl (C=O) groups excluding carboxylic acids is 1. The summed E-state index contributed by atoms with van der Waals surface area (Å²) in [5.74, 6) is -0.286. The third-order valence-electron chi connectivity index (χ3n) is 8.86. The molecule has 10 heteroatoms. The fourth-order valence-corrected chi connectivity index (χ4v) is 6.48. The van der Waals surface area contributed by atoms with Crippen molar-refractivity contribution in [3.63, 3.8) is 0 Å². The second kappa shape index (κ2) is 11.5. The van der Waals surface area contributed by atoms with Crippen LogP contribution < -0.4 is 10.3 Å². The van der Waals surface area contributed by atoms with Gasteiger partial charge in [0.05, 0.1) is 10.4 Å². The summed E-state index contributed by atoms with van der Waals surface area (Å²) in [6.07, 6.45) is 2.90. The third kappa shape index (κ3) is 5.55. The van der Waals surface area contributed by atoms with Crippen LogP contribution in [0.1, 0.15) is 37.7 Å². The van der Waals surface area contributed by atoms with E-state index >= 15 is 0 Å². The minimum Gasteiger partial charge on any atom is -0.507 e. The maximum absolute atomic E-state index is 13.8. The average molecular weight is 604 g/mol. The summed E-state index contributed by atoms with van der Waals surface area (Å²) in [5.41, 5.74) is -0.253. The fourth-order valence-electron chi connectivity index (χ4n) is 6.25. The molecule has 0 bridgehead atoms. The molecule has 2 fully saturated rings. The van der Waals surface area contributed by atoms with Crippen LogP contribution in [0, 0.1) is 5.41 Å². The molecule has 6 rings (SSSR count). The molecule has 4 aromatic rings. The SMILES string of the molecule is CN1CC[C@H](c2c(O)cc(O)c3c(=O)cc(-c4ccccc4Cl)oc23)[C@H](OC(=O)C2(C)CCN(c3ccccn3)CC2)C1. The van der Waals surface area contributed by atoms with Gasteiger partial charge < -0.3 is 29.2 Å². The molecule has 43 heavy (non-hydrogen) atoms. The number of esters is 1. The van der Waals surface area contributed by atoms with Crippen molar-refractivity contribution in [1.29, 1.82) is 0 Å². The van der Waals surface area contributed by atoms with E-state index in [9.17, 15) is 19.8 Å². The normalized spacial score (nSPS) is 20.7. The van der Waals surface area contributed by atoms with Crippen molar-refractivity contribution in [3.05, 3.63) is 81.6 Å². The number of hydrogen-bond acceptors (Lipinski definition) is 9. The first-order valence-electron chi connectivity index (χ1n) is 14.5. The molecule has 2 aliphatic rings. The third-order valence-corrected chi connectivity index (χ3v) is 9.19. The Balaban J connectivity index is 1.33. The molecule has 2 saturated heterocycles. The van der Waals surface area contributed by atoms with Crippen molar-refractivity contribution in [2.75, 3.05) is 38.1 Å². The molecule has 0 radical (unpaired) electrons. The van der Waals surface area contributed by atoms with Crippen molar-refractivity contribution in [1.82, 2.24) is 9.88 Å². The summed E-state index contributed by atoms with van der Waals surface area (Å²) in [4.78, 5) is 35.8. The Hall–Kier alpha value is -4.08. The number of piperidine rings is 2. The van der Waals surface area contributed by atoms with Gasteiger partial charge in [0.15, 0.2) is 5.43 Å². The summed E-state index contributed by atoms with van der Waals surface area (Å²) in [5, 5.41) is 22.2. The van der Waals surface area contributed by atoms with Crippen LogP contribution in [0.4, 0.5) is 5.82 Å². The predicted octanol–water partition coefficient (Wildman–Crippen LogP) is 5.56. The molecule has 2 N–H and O–H groups in total. The highest BCUT2D eigenvalue weighted by atomic mass is 35.5. The number of hydrogen-bond donors (Lipinski definition) is 2. The number of halogens is 1. The second-order valence-electron chi connectivity index (χ2n) is 11.8. The molecule has 9 nitrogen and oxygen atoms in total. The maximum atomic E-state index is 13.8. The molecule has 2 aromatic carbocycles. The Labute approximate surface area is 254 Å². The zero-order valence-electron chi connectivity index (χ0n) is 24.1. The van der Waals surface area contributed by atoms with E-state index in [0.717, 1.165) is 11.9 Å². The highest BCUT2D eigenvalue weighted by Crippen LogP contribution is 2.44. The van der Waals surface area contributed by atoms with Gasteiger partial charge in [0, 0.05) is 55.0 Å². The van der Waals surface area contributed by atoms with Gasteiger partial charge in [0.25, 0.3) is 0 Å². The van der Waals surface area contributed by atoms with Gasteiger partial charge in [0.2, 0.25) is 0 Å². The highest BCUT2D eigenvalue weighted by Gasteiger charge is 2.43. The second-order valence-corrected chi connectivity index (χ2v) is 12.2. The van der Waals surface area contributed by atoms with E-state index in [1.165, 1.54) is 6.07 Å². The van der Waals surface area contributed by atoms with Crippen molar-refractivity contribution < 1.29 is 24.2 Å². The van der Waals surface area contributed by atoms with Crippen LogP contribution in [0.2, 0.25) is 5.02 Å². The number of rotatable bonds is 5. The predicted molar refractivity (Wildman–Crippen MR) is 165 cm³/mol. The van der Waals surface area contributed by atoms with Gasteiger partial charge in [-0.25, -0.2) is 4.98 Å². The Kier molecular flexibility index (Phi) is 7.79. The van der Waals surface area contributed by atoms with Crippen LogP contribution >= 0.6 is 11.6 Å². The minimum absolute atomic E-state index is 0.0403. The summed E-state index contributed by atoms with van der Waals surface area (Å²) >= 11 is 6.41. The largest absolute Gasteiger partial charge is 0.507 e. The van der Waals surface area contributed by atoms with Crippen LogP contribution in [0.25, 0.3) is 22.3 Å². The van der Waals surface area contributed by atoms with Gasteiger partial charge in [-0.15, -0.1) is 0 Å². The van der Waals surface area contributed by atoms with E-state index < -0.39 is 22.9 Å². The molecule has 2 aromatic heterocycles. The smallest absolute Gasteiger partial charge is 0.312 e. The van der Waals surface area contributed by atoms with E-state index in [1.54, 1.807) is 30.5 Å². The van der Waals surface area contributed by atoms with E-state index in [-0.39, 0.29) is 34.2 Å². The van der Waals surface area contributed by atoms with Crippen molar-refractivity contribution in [2.45, 2.75) is 38.2 Å². The molecule has 0 saturated carbocycles. The Morgan fingerprint density at radius 1 is 1.07 bits per heavy atom. The number of nitrogens with zero attached hydrogens (tertiary/aromatic N) is 3. The number of benzene rings is 2. The van der Waals surface area contributed by atoms with E-state index in [1.807, 2.05) is 32.2 Å². The number of phenols is 2. The highest BCUT2D eigenvalue weighted by molar-refractivity contribution is 6.33. The van der Waals surface area contributed by atoms with Gasteiger partial charge >= 0.3 is 5.97 Å². The Morgan fingerprint density at radius 2 is 1.81 bits per heavy atom. The lowest BCUT2D eigenvalue weighted by Gasteiger charge is -2.41. The fraction of sp³-hybridized carbons (Fsp3) is 0.364. The standard InChI is InChI=1S/C33H34ClN3O6/c1-33(11-15-37(16-12-33)28-9-5-6-13-35-28)32(41)43-27-19-36(2)14-10-21(27)29-23(38)17-24(39)30-25(40)18-26(42-31(29)30)20-7-3-4-8-22(20)34/h3-9,13,17-18,21,27,38-39H,10-12,14-16,19H2,1-2H3/t21-,27+/m0/s1. The zero-order chi connectivity index (χ0) is 30.3. The molecule has 4 heterocycles. The van der Waals surface area contributed by atoms with E-state index in [4.69, 9.17) is 20.8 Å². The summed E-state index contributed by atoms with van der Waals surface area (Å²) < 4.78 is 12.5. The number of fused-ring (bicyclic) bond motifs is 1. The molecular formula is C33H34ClN3O6. The minimum atomic E-state index is -0.686. The molecule has 0 amide bonds. The number of aromatic hydroxyl groups is 2. The van der Waals surface area contributed by atoms with Crippen LogP contribution in [0.15, 0.2) is 70.0 Å². The van der Waals surface area contributed by atoms with Crippen LogP contribution in [-0.2, 0) is 9.53 Å². The lowest BCUT2D eigenvalue weighted by atomic mass is 9.80. The number of anilines is 1. The Morgan fingerprint density at radius 3 is 2.53 bits per heavy atom. The lowest BCUT2D eigenvalue weighted by molar-refractivity contribution is -0.165. The van der Waals surface area contributed by atoms with Gasteiger partial charge in [0.1, 0.15) is 40.2 Å². The van der Waals surface area contributed by atoms with Gasteiger partial charge in [-0.05, 0) is 64.0 Å². The summed E-state index contributed by atoms with van der Waals surface area (Å²) in [6.45, 7) is 4.40. The Bertz CT molecular complexity index is 1720. The molecule has 2 aliphatic heterocycles. The molecule has 0 unspecified atom stereocenters. The number of likely N-dealkylation sites (tertiary alicyclic amines) is 1. The first kappa shape index (κ1) is 29.0. The number of pyridine rings is 1. The molecule has 2 atom stereocenters. The van der Waals surface area contributed by atoms with Gasteiger partial charge in [-0.3, -0.25) is 9.59 Å². The first-order chi connectivity index (χ1) is 20.6. The molecular weight excluding hydrogens is 570 g/mol. The topological polar surface area (TPSA) is 116 Å². The zero-order valence-corrected chi connectivity index (χ0v) is 24.9.